The number of hydrogen-bond acceptors (Lipinski definition) is 5. The Balaban J connectivity index is 2.00. The lowest BCUT2D eigenvalue weighted by atomic mass is 9.74. The molecule has 3 aromatic rings. The lowest BCUT2D eigenvalue weighted by Gasteiger charge is -2.33. The highest BCUT2D eigenvalue weighted by atomic mass is 35.5. The average molecular weight is 479 g/mol. The van der Waals surface area contributed by atoms with Crippen LogP contribution >= 0.6 is 11.6 Å². The van der Waals surface area contributed by atoms with E-state index in [9.17, 15) is 14.9 Å². The molecule has 4 rings (SSSR count). The number of esters is 1. The first kappa shape index (κ1) is 23.9. The number of nitrogens with one attached hydrogen (secondary N) is 1. The highest BCUT2D eigenvalue weighted by Crippen LogP contribution is 2.48. The van der Waals surface area contributed by atoms with Crippen molar-refractivity contribution >= 4 is 17.6 Å². The number of ether oxygens (including phenoxy) is 1. The molecule has 0 aliphatic carbocycles. The van der Waals surface area contributed by atoms with Crippen LogP contribution in [0.5, 0.6) is 0 Å². The van der Waals surface area contributed by atoms with Gasteiger partial charge in [-0.3, -0.25) is 20.2 Å². The van der Waals surface area contributed by atoms with E-state index in [1.165, 1.54) is 0 Å². The molecule has 0 spiro atoms. The summed E-state index contributed by atoms with van der Waals surface area (Å²) in [6.45, 7) is 5.34. The van der Waals surface area contributed by atoms with Crippen LogP contribution in [0.2, 0.25) is 5.02 Å². The molecule has 0 aromatic heterocycles. The third kappa shape index (κ3) is 4.43. The van der Waals surface area contributed by atoms with Gasteiger partial charge in [0.05, 0.1) is 5.92 Å². The van der Waals surface area contributed by atoms with Gasteiger partial charge in [-0.2, -0.15) is 0 Å². The molecule has 6 nitrogen and oxygen atoms in total. The zero-order valence-electron chi connectivity index (χ0n) is 19.3. The molecule has 1 aliphatic rings. The smallest absolute Gasteiger partial charge is 0.324 e. The molecule has 7 heteroatoms. The largest absolute Gasteiger partial charge is 0.459 e. The molecule has 3 aromatic carbocycles. The zero-order valence-corrected chi connectivity index (χ0v) is 20.0. The third-order valence-electron chi connectivity index (χ3n) is 6.11. The topological polar surface area (TPSA) is 81.5 Å². The Morgan fingerprint density at radius 3 is 2.00 bits per heavy atom. The maximum Gasteiger partial charge on any atom is 0.324 e. The van der Waals surface area contributed by atoms with Crippen LogP contribution in [0.15, 0.2) is 84.9 Å². The Kier molecular flexibility index (Phi) is 6.47. The van der Waals surface area contributed by atoms with Crippen molar-refractivity contribution in [2.75, 3.05) is 0 Å². The van der Waals surface area contributed by atoms with E-state index in [4.69, 9.17) is 16.3 Å². The Morgan fingerprint density at radius 1 is 0.971 bits per heavy atom. The molecule has 0 unspecified atom stereocenters. The number of nitro groups is 1. The van der Waals surface area contributed by atoms with Crippen LogP contribution in [0, 0.1) is 10.1 Å². The van der Waals surface area contributed by atoms with E-state index in [2.05, 4.69) is 5.32 Å². The second-order valence-corrected chi connectivity index (χ2v) is 9.94. The second-order valence-electron chi connectivity index (χ2n) is 9.51. The molecule has 0 radical (unpaired) electrons. The lowest BCUT2D eigenvalue weighted by molar-refractivity contribution is -0.533. The van der Waals surface area contributed by atoms with E-state index >= 15 is 0 Å². The van der Waals surface area contributed by atoms with Gasteiger partial charge in [0.1, 0.15) is 17.2 Å². The highest BCUT2D eigenvalue weighted by molar-refractivity contribution is 6.30. The zero-order chi connectivity index (χ0) is 24.5. The molecule has 0 amide bonds. The van der Waals surface area contributed by atoms with Crippen molar-refractivity contribution in [2.24, 2.45) is 0 Å². The fourth-order valence-electron chi connectivity index (χ4n) is 4.90. The Morgan fingerprint density at radius 2 is 1.53 bits per heavy atom. The molecule has 1 aliphatic heterocycles. The standard InChI is InChI=1S/C27H27ClN2O4/c1-26(2,3)34-25(31)23-22(18-11-10-16-21(28)17-18)24(30(32)33)27(29-23,19-12-6-4-7-13-19)20-14-8-5-9-15-20/h4-17,22-24,29H,1-3H3/t22-,23+,24+/m1/s1. The van der Waals surface area contributed by atoms with Gasteiger partial charge in [0.25, 0.3) is 0 Å². The molecule has 0 saturated carbocycles. The van der Waals surface area contributed by atoms with Crippen LogP contribution in [-0.4, -0.2) is 28.6 Å². The number of rotatable bonds is 5. The molecule has 1 N–H and O–H groups in total. The Labute approximate surface area is 204 Å². The van der Waals surface area contributed by atoms with E-state index in [1.807, 2.05) is 60.7 Å². The van der Waals surface area contributed by atoms with Crippen LogP contribution in [0.1, 0.15) is 43.4 Å². The van der Waals surface area contributed by atoms with Gasteiger partial charge in [-0.05, 0) is 49.6 Å². The summed E-state index contributed by atoms with van der Waals surface area (Å²) < 4.78 is 5.74. The summed E-state index contributed by atoms with van der Waals surface area (Å²) in [5.74, 6) is -1.37. The summed E-state index contributed by atoms with van der Waals surface area (Å²) in [6, 6.07) is 23.2. The predicted octanol–water partition coefficient (Wildman–Crippen LogP) is 5.33. The first-order valence-electron chi connectivity index (χ1n) is 11.1. The van der Waals surface area contributed by atoms with Crippen molar-refractivity contribution in [1.82, 2.24) is 5.32 Å². The van der Waals surface area contributed by atoms with Crippen molar-refractivity contribution in [3.8, 4) is 0 Å². The van der Waals surface area contributed by atoms with Crippen molar-refractivity contribution in [3.63, 3.8) is 0 Å². The number of hydrogen-bond donors (Lipinski definition) is 1. The van der Waals surface area contributed by atoms with Gasteiger partial charge in [-0.25, -0.2) is 0 Å². The molecule has 176 valence electrons. The highest BCUT2D eigenvalue weighted by Gasteiger charge is 2.64. The van der Waals surface area contributed by atoms with E-state index in [1.54, 1.807) is 45.0 Å². The summed E-state index contributed by atoms with van der Waals surface area (Å²) in [6.07, 6.45) is 0. The van der Waals surface area contributed by atoms with Gasteiger partial charge in [-0.1, -0.05) is 84.4 Å². The summed E-state index contributed by atoms with van der Waals surface area (Å²) in [5, 5.41) is 16.7. The van der Waals surface area contributed by atoms with Gasteiger partial charge < -0.3 is 4.74 Å². The number of carbonyl (C=O) groups excluding carboxylic acids is 1. The molecule has 1 heterocycles. The van der Waals surface area contributed by atoms with Crippen LogP contribution in [0.3, 0.4) is 0 Å². The monoisotopic (exact) mass is 478 g/mol. The fraction of sp³-hybridized carbons (Fsp3) is 0.296. The van der Waals surface area contributed by atoms with Crippen molar-refractivity contribution in [1.29, 1.82) is 0 Å². The second kappa shape index (κ2) is 9.20. The van der Waals surface area contributed by atoms with Crippen LogP contribution in [-0.2, 0) is 15.1 Å². The molecular weight excluding hydrogens is 452 g/mol. The summed E-state index contributed by atoms with van der Waals surface area (Å²) in [7, 11) is 0. The van der Waals surface area contributed by atoms with Crippen molar-refractivity contribution < 1.29 is 14.5 Å². The number of nitrogens with zero attached hydrogens (tertiary/aromatic N) is 1. The number of halogens is 1. The fourth-order valence-corrected chi connectivity index (χ4v) is 5.10. The van der Waals surface area contributed by atoms with Crippen LogP contribution < -0.4 is 5.32 Å². The quantitative estimate of drug-likeness (QED) is 0.304. The molecule has 1 fully saturated rings. The maximum atomic E-state index is 13.5. The Hall–Kier alpha value is -3.22. The normalized spacial score (nSPS) is 21.7. The summed E-state index contributed by atoms with van der Waals surface area (Å²) in [4.78, 5) is 26.1. The van der Waals surface area contributed by atoms with Gasteiger partial charge in [0, 0.05) is 9.95 Å². The van der Waals surface area contributed by atoms with E-state index in [-0.39, 0.29) is 4.92 Å². The first-order valence-corrected chi connectivity index (χ1v) is 11.5. The van der Waals surface area contributed by atoms with Gasteiger partial charge in [0.15, 0.2) is 0 Å². The lowest BCUT2D eigenvalue weighted by Crippen LogP contribution is -2.51. The summed E-state index contributed by atoms with van der Waals surface area (Å²) in [5.41, 5.74) is -0.0409. The van der Waals surface area contributed by atoms with E-state index in [0.717, 1.165) is 0 Å². The molecule has 34 heavy (non-hydrogen) atoms. The van der Waals surface area contributed by atoms with Gasteiger partial charge in [0.2, 0.25) is 6.04 Å². The van der Waals surface area contributed by atoms with Crippen molar-refractivity contribution in [3.05, 3.63) is 117 Å². The van der Waals surface area contributed by atoms with E-state index < -0.39 is 35.1 Å². The molecular formula is C27H27ClN2O4. The number of carbonyl (C=O) groups is 1. The predicted molar refractivity (Wildman–Crippen MR) is 131 cm³/mol. The third-order valence-corrected chi connectivity index (χ3v) is 6.34. The molecule has 0 bridgehead atoms. The van der Waals surface area contributed by atoms with Gasteiger partial charge in [-0.15, -0.1) is 0 Å². The first-order chi connectivity index (χ1) is 16.1. The minimum Gasteiger partial charge on any atom is -0.459 e. The minimum atomic E-state index is -1.28. The SMILES string of the molecule is CC(C)(C)OC(=O)[C@H]1NC(c2ccccc2)(c2ccccc2)[C@@H]([N+](=O)[O-])[C@@H]1c1cccc(Cl)c1. The van der Waals surface area contributed by atoms with Crippen LogP contribution in [0.4, 0.5) is 0 Å². The van der Waals surface area contributed by atoms with Crippen molar-refractivity contribution in [2.45, 2.75) is 49.9 Å². The van der Waals surface area contributed by atoms with Crippen LogP contribution in [0.25, 0.3) is 0 Å². The minimum absolute atomic E-state index is 0.289. The maximum absolute atomic E-state index is 13.5. The van der Waals surface area contributed by atoms with Gasteiger partial charge >= 0.3 is 5.97 Å². The molecule has 3 atom stereocenters. The number of benzene rings is 3. The molecule has 1 saturated heterocycles. The Bertz CT molecular complexity index is 1140. The van der Waals surface area contributed by atoms with E-state index in [0.29, 0.717) is 21.7 Å². The average Bonchev–Trinajstić information content (AvgIpc) is 3.17. The summed E-state index contributed by atoms with van der Waals surface area (Å²) >= 11 is 6.28.